The van der Waals surface area contributed by atoms with E-state index in [0.29, 0.717) is 12.4 Å². The second-order valence-corrected chi connectivity index (χ2v) is 3.96. The SMILES string of the molecule is Cc1cc(Cl)ccc1CNCc1ncon1. The van der Waals surface area contributed by atoms with Crippen LogP contribution in [0.15, 0.2) is 29.1 Å². The van der Waals surface area contributed by atoms with E-state index in [9.17, 15) is 0 Å². The number of aryl methyl sites for hydroxylation is 1. The van der Waals surface area contributed by atoms with Crippen LogP contribution in [0.1, 0.15) is 17.0 Å². The van der Waals surface area contributed by atoms with Gasteiger partial charge in [0.25, 0.3) is 0 Å². The Labute approximate surface area is 98.6 Å². The number of hydrogen-bond donors (Lipinski definition) is 1. The minimum Gasteiger partial charge on any atom is -0.343 e. The Hall–Kier alpha value is -1.39. The highest BCUT2D eigenvalue weighted by Gasteiger charge is 2.01. The Morgan fingerprint density at radius 2 is 2.25 bits per heavy atom. The van der Waals surface area contributed by atoms with Crippen molar-refractivity contribution in [3.63, 3.8) is 0 Å². The Kier molecular flexibility index (Phi) is 3.54. The van der Waals surface area contributed by atoms with Crippen molar-refractivity contribution in [1.82, 2.24) is 15.5 Å². The highest BCUT2D eigenvalue weighted by molar-refractivity contribution is 6.30. The standard InChI is InChI=1S/C11H12ClN3O/c1-8-4-10(12)3-2-9(8)5-13-6-11-14-7-16-15-11/h2-4,7,13H,5-6H2,1H3. The fourth-order valence-corrected chi connectivity index (χ4v) is 1.66. The molecule has 1 aromatic carbocycles. The minimum absolute atomic E-state index is 0.596. The normalized spacial score (nSPS) is 10.6. The maximum absolute atomic E-state index is 5.88. The van der Waals surface area contributed by atoms with E-state index in [2.05, 4.69) is 20.0 Å². The maximum Gasteiger partial charge on any atom is 0.213 e. The molecule has 0 bridgehead atoms. The molecule has 4 nitrogen and oxygen atoms in total. The molecule has 1 N–H and O–H groups in total. The molecule has 16 heavy (non-hydrogen) atoms. The topological polar surface area (TPSA) is 51.0 Å². The zero-order chi connectivity index (χ0) is 11.4. The molecule has 5 heteroatoms. The summed E-state index contributed by atoms with van der Waals surface area (Å²) in [5.74, 6) is 0.659. The van der Waals surface area contributed by atoms with Gasteiger partial charge >= 0.3 is 0 Å². The zero-order valence-corrected chi connectivity index (χ0v) is 9.66. The molecule has 1 aromatic heterocycles. The number of benzene rings is 1. The van der Waals surface area contributed by atoms with Gasteiger partial charge < -0.3 is 9.84 Å². The number of halogens is 1. The first-order valence-electron chi connectivity index (χ1n) is 4.96. The summed E-state index contributed by atoms with van der Waals surface area (Å²) in [6.07, 6.45) is 1.32. The van der Waals surface area contributed by atoms with Gasteiger partial charge in [-0.1, -0.05) is 22.8 Å². The van der Waals surface area contributed by atoms with Gasteiger partial charge in [-0.3, -0.25) is 0 Å². The second-order valence-electron chi connectivity index (χ2n) is 3.52. The monoisotopic (exact) mass is 237 g/mol. The van der Waals surface area contributed by atoms with Crippen LogP contribution in [-0.2, 0) is 13.1 Å². The van der Waals surface area contributed by atoms with E-state index in [1.54, 1.807) is 0 Å². The predicted octanol–water partition coefficient (Wildman–Crippen LogP) is 2.32. The molecule has 1 heterocycles. The summed E-state index contributed by atoms with van der Waals surface area (Å²) in [6.45, 7) is 3.40. The molecule has 0 unspecified atom stereocenters. The predicted molar refractivity (Wildman–Crippen MR) is 61.0 cm³/mol. The first-order chi connectivity index (χ1) is 7.75. The van der Waals surface area contributed by atoms with Gasteiger partial charge in [0.1, 0.15) is 0 Å². The molecule has 2 rings (SSSR count). The molecule has 0 amide bonds. The molecular formula is C11H12ClN3O. The molecular weight excluding hydrogens is 226 g/mol. The molecule has 0 saturated carbocycles. The van der Waals surface area contributed by atoms with E-state index in [0.717, 1.165) is 11.6 Å². The number of nitrogens with zero attached hydrogens (tertiary/aromatic N) is 2. The first-order valence-corrected chi connectivity index (χ1v) is 5.34. The van der Waals surface area contributed by atoms with Crippen LogP contribution < -0.4 is 5.32 Å². The maximum atomic E-state index is 5.88. The van der Waals surface area contributed by atoms with Gasteiger partial charge in [0.2, 0.25) is 6.39 Å². The van der Waals surface area contributed by atoms with Crippen molar-refractivity contribution >= 4 is 11.6 Å². The van der Waals surface area contributed by atoms with E-state index < -0.39 is 0 Å². The van der Waals surface area contributed by atoms with Crippen molar-refractivity contribution < 1.29 is 4.52 Å². The fourth-order valence-electron chi connectivity index (χ4n) is 1.44. The molecule has 0 aliphatic heterocycles. The van der Waals surface area contributed by atoms with Crippen LogP contribution in [0.4, 0.5) is 0 Å². The summed E-state index contributed by atoms with van der Waals surface area (Å²) in [5, 5.41) is 7.71. The number of nitrogens with one attached hydrogen (secondary N) is 1. The summed E-state index contributed by atoms with van der Waals surface area (Å²) in [4.78, 5) is 3.92. The molecule has 0 atom stereocenters. The smallest absolute Gasteiger partial charge is 0.213 e. The zero-order valence-electron chi connectivity index (χ0n) is 8.90. The average Bonchev–Trinajstić information content (AvgIpc) is 2.74. The van der Waals surface area contributed by atoms with Gasteiger partial charge in [-0.15, -0.1) is 0 Å². The Morgan fingerprint density at radius 3 is 2.94 bits per heavy atom. The Bertz CT molecular complexity index is 456. The first kappa shape index (κ1) is 11.1. The molecule has 84 valence electrons. The Morgan fingerprint density at radius 1 is 1.38 bits per heavy atom. The third-order valence-corrected chi connectivity index (χ3v) is 2.55. The summed E-state index contributed by atoms with van der Waals surface area (Å²) in [7, 11) is 0. The van der Waals surface area contributed by atoms with Crippen LogP contribution >= 0.6 is 11.6 Å². The van der Waals surface area contributed by atoms with Gasteiger partial charge in [0.05, 0.1) is 6.54 Å². The van der Waals surface area contributed by atoms with Gasteiger partial charge in [0.15, 0.2) is 5.82 Å². The van der Waals surface area contributed by atoms with Crippen molar-refractivity contribution in [2.75, 3.05) is 0 Å². The Balaban J connectivity index is 1.90. The number of rotatable bonds is 4. The van der Waals surface area contributed by atoms with Crippen LogP contribution in [0.2, 0.25) is 5.02 Å². The highest BCUT2D eigenvalue weighted by Crippen LogP contribution is 2.14. The third kappa shape index (κ3) is 2.81. The van der Waals surface area contributed by atoms with Gasteiger partial charge in [-0.05, 0) is 30.2 Å². The van der Waals surface area contributed by atoms with Crippen LogP contribution in [0.25, 0.3) is 0 Å². The number of hydrogen-bond acceptors (Lipinski definition) is 4. The van der Waals surface area contributed by atoms with Crippen molar-refractivity contribution in [1.29, 1.82) is 0 Å². The fraction of sp³-hybridized carbons (Fsp3) is 0.273. The van der Waals surface area contributed by atoms with Crippen LogP contribution in [0.5, 0.6) is 0 Å². The van der Waals surface area contributed by atoms with Gasteiger partial charge in [-0.2, -0.15) is 4.98 Å². The van der Waals surface area contributed by atoms with E-state index in [1.165, 1.54) is 17.5 Å². The molecule has 0 saturated heterocycles. The van der Waals surface area contributed by atoms with E-state index in [1.807, 2.05) is 25.1 Å². The molecule has 0 spiro atoms. The van der Waals surface area contributed by atoms with E-state index in [-0.39, 0.29) is 0 Å². The summed E-state index contributed by atoms with van der Waals surface area (Å²) >= 11 is 5.88. The molecule has 2 aromatic rings. The lowest BCUT2D eigenvalue weighted by atomic mass is 10.1. The minimum atomic E-state index is 0.596. The molecule has 0 aliphatic rings. The van der Waals surface area contributed by atoms with E-state index >= 15 is 0 Å². The lowest BCUT2D eigenvalue weighted by Gasteiger charge is -2.06. The highest BCUT2D eigenvalue weighted by atomic mass is 35.5. The average molecular weight is 238 g/mol. The molecule has 0 aliphatic carbocycles. The van der Waals surface area contributed by atoms with Crippen LogP contribution in [0, 0.1) is 6.92 Å². The van der Waals surface area contributed by atoms with Gasteiger partial charge in [-0.25, -0.2) is 0 Å². The summed E-state index contributed by atoms with van der Waals surface area (Å²) < 4.78 is 4.64. The molecule has 0 fully saturated rings. The summed E-state index contributed by atoms with van der Waals surface area (Å²) in [6, 6.07) is 5.85. The van der Waals surface area contributed by atoms with Crippen LogP contribution in [0.3, 0.4) is 0 Å². The quantitative estimate of drug-likeness (QED) is 0.887. The molecule has 0 radical (unpaired) electrons. The third-order valence-electron chi connectivity index (χ3n) is 2.31. The van der Waals surface area contributed by atoms with E-state index in [4.69, 9.17) is 11.6 Å². The van der Waals surface area contributed by atoms with Crippen molar-refractivity contribution in [3.8, 4) is 0 Å². The lowest BCUT2D eigenvalue weighted by molar-refractivity contribution is 0.407. The van der Waals surface area contributed by atoms with Crippen molar-refractivity contribution in [3.05, 3.63) is 46.6 Å². The summed E-state index contributed by atoms with van der Waals surface area (Å²) in [5.41, 5.74) is 2.39. The van der Waals surface area contributed by atoms with Crippen molar-refractivity contribution in [2.24, 2.45) is 0 Å². The lowest BCUT2D eigenvalue weighted by Crippen LogP contribution is -2.14. The van der Waals surface area contributed by atoms with Gasteiger partial charge in [0, 0.05) is 11.6 Å². The largest absolute Gasteiger partial charge is 0.343 e. The number of aromatic nitrogens is 2. The van der Waals surface area contributed by atoms with Crippen molar-refractivity contribution in [2.45, 2.75) is 20.0 Å². The second kappa shape index (κ2) is 5.09. The van der Waals surface area contributed by atoms with Crippen LogP contribution in [-0.4, -0.2) is 10.1 Å².